The molecule has 0 unspecified atom stereocenters. The van der Waals surface area contributed by atoms with Crippen molar-refractivity contribution < 1.29 is 4.79 Å². The number of nitrogens with one attached hydrogen (secondary N) is 3. The van der Waals surface area contributed by atoms with Crippen LogP contribution in [0.4, 0.5) is 23.0 Å². The summed E-state index contributed by atoms with van der Waals surface area (Å²) in [6.07, 6.45) is 5.00. The number of piperazine rings is 1. The summed E-state index contributed by atoms with van der Waals surface area (Å²) in [5.74, 6) is 0.193. The minimum absolute atomic E-state index is 0.233. The van der Waals surface area contributed by atoms with E-state index in [2.05, 4.69) is 54.8 Å². The van der Waals surface area contributed by atoms with Crippen molar-refractivity contribution in [2.24, 2.45) is 0 Å². The van der Waals surface area contributed by atoms with Crippen molar-refractivity contribution in [1.29, 1.82) is 0 Å². The Bertz CT molecular complexity index is 1490. The van der Waals surface area contributed by atoms with Crippen molar-refractivity contribution in [3.8, 4) is 11.3 Å². The van der Waals surface area contributed by atoms with Crippen LogP contribution in [-0.4, -0.2) is 89.7 Å². The SMILES string of the molecule is CN(C)C/C=C/C(=O)Nc1cc(Cl)cc(-c2nc(Nc3cccc(N4CCN(C)CC4)c3)nc3[nH]ncc23)c1. The summed E-state index contributed by atoms with van der Waals surface area (Å²) >= 11 is 6.46. The lowest BCUT2D eigenvalue weighted by atomic mass is 10.1. The van der Waals surface area contributed by atoms with Crippen LogP contribution >= 0.6 is 11.6 Å². The fourth-order valence-electron chi connectivity index (χ4n) is 4.44. The van der Waals surface area contributed by atoms with Gasteiger partial charge in [0, 0.05) is 66.4 Å². The molecule has 2 aromatic carbocycles. The summed E-state index contributed by atoms with van der Waals surface area (Å²) in [6, 6.07) is 13.6. The van der Waals surface area contributed by atoms with Crippen LogP contribution in [0.15, 0.2) is 60.8 Å². The molecule has 10 nitrogen and oxygen atoms in total. The lowest BCUT2D eigenvalue weighted by Crippen LogP contribution is -2.44. The standard InChI is InChI=1S/C28H32ClN9O/c1-36(2)9-5-8-25(39)31-22-15-19(14-20(29)16-22)26-24-18-30-35-27(24)34-28(33-26)32-21-6-4-7-23(17-21)38-12-10-37(3)11-13-38/h4-8,14-18H,9-13H2,1-3H3,(H,31,39)(H2,30,32,33,34,35)/b8-5+. The average molecular weight is 546 g/mol. The van der Waals surface area contributed by atoms with Gasteiger partial charge in [-0.25, -0.2) is 4.98 Å². The van der Waals surface area contributed by atoms with Crippen LogP contribution in [0.5, 0.6) is 0 Å². The molecular weight excluding hydrogens is 514 g/mol. The van der Waals surface area contributed by atoms with Gasteiger partial charge in [-0.1, -0.05) is 23.7 Å². The van der Waals surface area contributed by atoms with Crippen LogP contribution in [-0.2, 0) is 4.79 Å². The van der Waals surface area contributed by atoms with E-state index < -0.39 is 0 Å². The molecule has 1 aliphatic rings. The number of aromatic nitrogens is 4. The Morgan fingerprint density at radius 2 is 1.92 bits per heavy atom. The molecule has 39 heavy (non-hydrogen) atoms. The molecule has 3 N–H and O–H groups in total. The van der Waals surface area contributed by atoms with Crippen LogP contribution in [0.2, 0.25) is 5.02 Å². The minimum Gasteiger partial charge on any atom is -0.369 e. The molecule has 3 heterocycles. The number of likely N-dealkylation sites (N-methyl/N-ethyl adjacent to an activating group) is 2. The molecule has 11 heteroatoms. The Kier molecular flexibility index (Phi) is 8.06. The second-order valence-corrected chi connectivity index (χ2v) is 10.3. The van der Waals surface area contributed by atoms with E-state index in [1.54, 1.807) is 18.3 Å². The molecule has 2 aromatic heterocycles. The smallest absolute Gasteiger partial charge is 0.248 e. The fourth-order valence-corrected chi connectivity index (χ4v) is 4.67. The molecule has 4 aromatic rings. The summed E-state index contributed by atoms with van der Waals surface area (Å²) in [4.78, 5) is 28.6. The van der Waals surface area contributed by atoms with Gasteiger partial charge in [0.25, 0.3) is 0 Å². The Hall–Kier alpha value is -3.99. The monoisotopic (exact) mass is 545 g/mol. The molecule has 0 atom stereocenters. The highest BCUT2D eigenvalue weighted by Gasteiger charge is 2.16. The number of rotatable bonds is 8. The van der Waals surface area contributed by atoms with Crippen molar-refractivity contribution in [3.05, 3.63) is 65.8 Å². The van der Waals surface area contributed by atoms with E-state index in [4.69, 9.17) is 16.6 Å². The van der Waals surface area contributed by atoms with Crippen molar-refractivity contribution in [2.75, 3.05) is 69.4 Å². The van der Waals surface area contributed by atoms with Crippen molar-refractivity contribution in [1.82, 2.24) is 30.0 Å². The van der Waals surface area contributed by atoms with E-state index in [1.165, 1.54) is 6.08 Å². The lowest BCUT2D eigenvalue weighted by molar-refractivity contribution is -0.111. The van der Waals surface area contributed by atoms with E-state index in [1.807, 2.05) is 43.3 Å². The fraction of sp³-hybridized carbons (Fsp3) is 0.286. The van der Waals surface area contributed by atoms with Crippen LogP contribution in [0.25, 0.3) is 22.3 Å². The zero-order valence-electron chi connectivity index (χ0n) is 22.3. The molecule has 0 radical (unpaired) electrons. The Morgan fingerprint density at radius 3 is 2.72 bits per heavy atom. The number of anilines is 4. The van der Waals surface area contributed by atoms with Gasteiger partial charge in [-0.15, -0.1) is 0 Å². The van der Waals surface area contributed by atoms with Crippen LogP contribution in [0, 0.1) is 0 Å². The van der Waals surface area contributed by atoms with Crippen LogP contribution < -0.4 is 15.5 Å². The van der Waals surface area contributed by atoms with Gasteiger partial charge in [-0.05, 0) is 57.5 Å². The van der Waals surface area contributed by atoms with Gasteiger partial charge in [0.1, 0.15) is 0 Å². The number of benzene rings is 2. The number of H-pyrrole nitrogens is 1. The Balaban J connectivity index is 1.41. The number of aromatic amines is 1. The third kappa shape index (κ3) is 6.72. The Morgan fingerprint density at radius 1 is 1.10 bits per heavy atom. The molecule has 0 aliphatic carbocycles. The molecule has 1 amide bonds. The molecular formula is C28H32ClN9O. The lowest BCUT2D eigenvalue weighted by Gasteiger charge is -2.34. The normalized spacial score (nSPS) is 14.4. The minimum atomic E-state index is -0.233. The van der Waals surface area contributed by atoms with E-state index in [0.717, 1.165) is 48.5 Å². The van der Waals surface area contributed by atoms with E-state index in [9.17, 15) is 4.79 Å². The number of halogens is 1. The zero-order valence-corrected chi connectivity index (χ0v) is 23.0. The summed E-state index contributed by atoms with van der Waals surface area (Å²) < 4.78 is 0. The number of carbonyl (C=O) groups is 1. The average Bonchev–Trinajstić information content (AvgIpc) is 3.37. The first-order valence-electron chi connectivity index (χ1n) is 12.8. The van der Waals surface area contributed by atoms with E-state index in [-0.39, 0.29) is 5.91 Å². The second kappa shape index (κ2) is 11.8. The van der Waals surface area contributed by atoms with Crippen LogP contribution in [0.3, 0.4) is 0 Å². The highest BCUT2D eigenvalue weighted by molar-refractivity contribution is 6.31. The number of carbonyl (C=O) groups excluding carboxylic acids is 1. The molecule has 1 saturated heterocycles. The molecule has 5 rings (SSSR count). The van der Waals surface area contributed by atoms with Crippen LogP contribution in [0.1, 0.15) is 0 Å². The van der Waals surface area contributed by atoms with Crippen molar-refractivity contribution in [3.63, 3.8) is 0 Å². The number of hydrogen-bond acceptors (Lipinski definition) is 8. The number of nitrogens with zero attached hydrogens (tertiary/aromatic N) is 6. The maximum absolute atomic E-state index is 12.4. The largest absolute Gasteiger partial charge is 0.369 e. The predicted octanol–water partition coefficient (Wildman–Crippen LogP) is 4.23. The predicted molar refractivity (Wildman–Crippen MR) is 158 cm³/mol. The van der Waals surface area contributed by atoms with Crippen molar-refractivity contribution in [2.45, 2.75) is 0 Å². The first-order valence-corrected chi connectivity index (χ1v) is 13.2. The molecule has 1 aliphatic heterocycles. The van der Waals surface area contributed by atoms with Gasteiger partial charge in [0.2, 0.25) is 11.9 Å². The van der Waals surface area contributed by atoms with Gasteiger partial charge < -0.3 is 25.3 Å². The summed E-state index contributed by atoms with van der Waals surface area (Å²) in [7, 11) is 6.03. The molecule has 0 bridgehead atoms. The number of hydrogen-bond donors (Lipinski definition) is 3. The summed E-state index contributed by atoms with van der Waals surface area (Å²) in [5.41, 5.74) is 4.59. The molecule has 0 spiro atoms. The number of fused-ring (bicyclic) bond motifs is 1. The quantitative estimate of drug-likeness (QED) is 0.283. The van der Waals surface area contributed by atoms with E-state index in [0.29, 0.717) is 34.5 Å². The summed E-state index contributed by atoms with van der Waals surface area (Å²) in [6.45, 7) is 4.71. The van der Waals surface area contributed by atoms with Gasteiger partial charge in [-0.2, -0.15) is 10.1 Å². The second-order valence-electron chi connectivity index (χ2n) is 9.88. The molecule has 1 fully saturated rings. The third-order valence-corrected chi connectivity index (χ3v) is 6.68. The van der Waals surface area contributed by atoms with E-state index >= 15 is 0 Å². The highest BCUT2D eigenvalue weighted by Crippen LogP contribution is 2.32. The molecule has 202 valence electrons. The third-order valence-electron chi connectivity index (χ3n) is 6.46. The Labute approximate surface area is 232 Å². The van der Waals surface area contributed by atoms with Gasteiger partial charge in [-0.3, -0.25) is 9.89 Å². The number of amides is 1. The topological polar surface area (TPSA) is 105 Å². The van der Waals surface area contributed by atoms with Crippen molar-refractivity contribution >= 4 is 51.6 Å². The van der Waals surface area contributed by atoms with Gasteiger partial charge >= 0.3 is 0 Å². The van der Waals surface area contributed by atoms with Gasteiger partial charge in [0.05, 0.1) is 17.3 Å². The zero-order chi connectivity index (χ0) is 27.4. The first-order chi connectivity index (χ1) is 18.8. The first kappa shape index (κ1) is 26.6. The summed E-state index contributed by atoms with van der Waals surface area (Å²) in [5, 5.41) is 14.6. The maximum Gasteiger partial charge on any atom is 0.248 e. The maximum atomic E-state index is 12.4. The highest BCUT2D eigenvalue weighted by atomic mass is 35.5. The molecule has 0 saturated carbocycles. The van der Waals surface area contributed by atoms with Gasteiger partial charge in [0.15, 0.2) is 5.65 Å².